The Morgan fingerprint density at radius 3 is 1.85 bits per heavy atom. The molecular weight excluding hydrogens is 262 g/mol. The Hall–Kier alpha value is -1.43. The molecule has 0 spiro atoms. The molecule has 0 atom stereocenters. The zero-order valence-electron chi connectivity index (χ0n) is 13.2. The molecule has 6 nitrogen and oxygen atoms in total. The number of hydrogen-bond acceptors (Lipinski definition) is 5. The average molecular weight is 285 g/mol. The van der Waals surface area contributed by atoms with E-state index >= 15 is 0 Å². The van der Waals surface area contributed by atoms with Crippen LogP contribution in [0, 0.1) is 10.8 Å². The van der Waals surface area contributed by atoms with Crippen LogP contribution in [0.4, 0.5) is 0 Å². The first-order valence-electron chi connectivity index (χ1n) is 6.50. The van der Waals surface area contributed by atoms with Gasteiger partial charge in [-0.15, -0.1) is 0 Å². The molecule has 0 radical (unpaired) electrons. The molecule has 1 aliphatic rings. The largest absolute Gasteiger partial charge is 0.432 e. The normalized spacial score (nSPS) is 21.2. The zero-order chi connectivity index (χ0) is 15.9. The van der Waals surface area contributed by atoms with Crippen LogP contribution in [0.1, 0.15) is 41.5 Å². The molecule has 0 aromatic rings. The van der Waals surface area contributed by atoms with E-state index in [1.165, 1.54) is 7.11 Å². The van der Waals surface area contributed by atoms with Gasteiger partial charge in [-0.05, 0) is 27.7 Å². The molecule has 20 heavy (non-hydrogen) atoms. The van der Waals surface area contributed by atoms with Crippen molar-refractivity contribution in [3.63, 3.8) is 0 Å². The Balaban J connectivity index is 2.87. The van der Waals surface area contributed by atoms with Gasteiger partial charge >= 0.3 is 5.97 Å². The van der Waals surface area contributed by atoms with E-state index in [0.717, 1.165) is 4.90 Å². The number of nitrogens with zero attached hydrogens (tertiary/aromatic N) is 1. The van der Waals surface area contributed by atoms with Crippen LogP contribution in [0.2, 0.25) is 0 Å². The summed E-state index contributed by atoms with van der Waals surface area (Å²) in [4.78, 5) is 37.4. The fourth-order valence-corrected chi connectivity index (χ4v) is 1.92. The van der Waals surface area contributed by atoms with E-state index in [1.807, 2.05) is 0 Å². The summed E-state index contributed by atoms with van der Waals surface area (Å²) in [5.41, 5.74) is -1.69. The summed E-state index contributed by atoms with van der Waals surface area (Å²) >= 11 is 0. The summed E-state index contributed by atoms with van der Waals surface area (Å²) in [5.74, 6) is -2.49. The van der Waals surface area contributed by atoms with Crippen molar-refractivity contribution in [1.29, 1.82) is 0 Å². The van der Waals surface area contributed by atoms with Gasteiger partial charge in [0.1, 0.15) is 6.54 Å². The second kappa shape index (κ2) is 4.84. The molecule has 1 heterocycles. The number of carbonyl (C=O) groups is 3. The molecule has 0 aliphatic carbocycles. The first-order chi connectivity index (χ1) is 8.87. The highest BCUT2D eigenvalue weighted by molar-refractivity contribution is 6.10. The van der Waals surface area contributed by atoms with Gasteiger partial charge in [-0.25, -0.2) is 0 Å². The van der Waals surface area contributed by atoms with E-state index in [1.54, 1.807) is 41.5 Å². The number of likely N-dealkylation sites (tertiary alicyclic amines) is 1. The van der Waals surface area contributed by atoms with E-state index in [-0.39, 0.29) is 11.8 Å². The number of esters is 1. The smallest absolute Gasteiger partial charge is 0.328 e. The van der Waals surface area contributed by atoms with E-state index in [0.29, 0.717) is 0 Å². The van der Waals surface area contributed by atoms with Gasteiger partial charge in [0.25, 0.3) is 0 Å². The summed E-state index contributed by atoms with van der Waals surface area (Å²) in [6, 6.07) is 0. The molecule has 0 aromatic carbocycles. The summed E-state index contributed by atoms with van der Waals surface area (Å²) in [6.07, 6.45) is 0. The van der Waals surface area contributed by atoms with Gasteiger partial charge in [0.05, 0.1) is 10.8 Å². The molecule has 0 unspecified atom stereocenters. The van der Waals surface area contributed by atoms with Crippen LogP contribution >= 0.6 is 0 Å². The molecular formula is C14H23NO5. The summed E-state index contributed by atoms with van der Waals surface area (Å²) < 4.78 is 10.1. The Kier molecular flexibility index (Phi) is 4.02. The molecule has 0 saturated carbocycles. The average Bonchev–Trinajstić information content (AvgIpc) is 2.42. The standard InChI is InChI=1S/C14H23NO5/c1-12(2)10(17)15(11(18)13(12,3)4)8-9(16)20-14(5,6)19-7/h8H2,1-7H3. The van der Waals surface area contributed by atoms with Crippen LogP contribution in [0.5, 0.6) is 0 Å². The van der Waals surface area contributed by atoms with E-state index in [2.05, 4.69) is 0 Å². The molecule has 0 N–H and O–H groups in total. The van der Waals surface area contributed by atoms with Crippen molar-refractivity contribution in [3.05, 3.63) is 0 Å². The van der Waals surface area contributed by atoms with Gasteiger partial charge in [0.2, 0.25) is 17.6 Å². The highest BCUT2D eigenvalue weighted by atomic mass is 16.7. The van der Waals surface area contributed by atoms with E-state index in [9.17, 15) is 14.4 Å². The van der Waals surface area contributed by atoms with Crippen molar-refractivity contribution in [2.45, 2.75) is 47.3 Å². The molecule has 1 fully saturated rings. The molecule has 1 rings (SSSR count). The molecule has 114 valence electrons. The molecule has 0 aromatic heterocycles. The molecule has 6 heteroatoms. The van der Waals surface area contributed by atoms with Crippen molar-refractivity contribution >= 4 is 17.8 Å². The van der Waals surface area contributed by atoms with Gasteiger partial charge in [-0.2, -0.15) is 0 Å². The SMILES string of the molecule is COC(C)(C)OC(=O)CN1C(=O)C(C)(C)C(C)(C)C1=O. The van der Waals surface area contributed by atoms with Gasteiger partial charge in [-0.1, -0.05) is 0 Å². The lowest BCUT2D eigenvalue weighted by Crippen LogP contribution is -2.41. The first-order valence-corrected chi connectivity index (χ1v) is 6.50. The van der Waals surface area contributed by atoms with Crippen LogP contribution in [-0.2, 0) is 23.9 Å². The second-order valence-electron chi connectivity index (χ2n) is 6.52. The van der Waals surface area contributed by atoms with Gasteiger partial charge < -0.3 is 9.47 Å². The van der Waals surface area contributed by atoms with Gasteiger partial charge in [-0.3, -0.25) is 19.3 Å². The minimum Gasteiger partial charge on any atom is -0.432 e. The number of methoxy groups -OCH3 is 1. The number of imide groups is 1. The fraction of sp³-hybridized carbons (Fsp3) is 0.786. The predicted octanol–water partition coefficient (Wildman–Crippen LogP) is 1.33. The van der Waals surface area contributed by atoms with Crippen LogP contribution in [0.3, 0.4) is 0 Å². The predicted molar refractivity (Wildman–Crippen MR) is 71.5 cm³/mol. The number of hydrogen-bond donors (Lipinski definition) is 0. The Morgan fingerprint density at radius 1 is 1.10 bits per heavy atom. The zero-order valence-corrected chi connectivity index (χ0v) is 13.2. The van der Waals surface area contributed by atoms with Crippen molar-refractivity contribution < 1.29 is 23.9 Å². The fourth-order valence-electron chi connectivity index (χ4n) is 1.92. The minimum atomic E-state index is -1.09. The quantitative estimate of drug-likeness (QED) is 0.442. The lowest BCUT2D eigenvalue weighted by molar-refractivity contribution is -0.207. The molecule has 2 amide bonds. The monoisotopic (exact) mass is 285 g/mol. The number of amides is 2. The van der Waals surface area contributed by atoms with E-state index in [4.69, 9.17) is 9.47 Å². The third-order valence-corrected chi connectivity index (χ3v) is 4.26. The number of ether oxygens (including phenoxy) is 2. The maximum Gasteiger partial charge on any atom is 0.328 e. The van der Waals surface area contributed by atoms with Crippen LogP contribution in [-0.4, -0.2) is 42.1 Å². The summed E-state index contributed by atoms with van der Waals surface area (Å²) in [7, 11) is 1.41. The van der Waals surface area contributed by atoms with Crippen LogP contribution < -0.4 is 0 Å². The molecule has 1 saturated heterocycles. The summed E-state index contributed by atoms with van der Waals surface area (Å²) in [5, 5.41) is 0. The third kappa shape index (κ3) is 2.57. The number of rotatable bonds is 4. The lowest BCUT2D eigenvalue weighted by Gasteiger charge is -2.28. The minimum absolute atomic E-state index is 0.361. The summed E-state index contributed by atoms with van der Waals surface area (Å²) in [6.45, 7) is 9.58. The van der Waals surface area contributed by atoms with Crippen molar-refractivity contribution in [2.24, 2.45) is 10.8 Å². The van der Waals surface area contributed by atoms with Crippen LogP contribution in [0.25, 0.3) is 0 Å². The first kappa shape index (κ1) is 16.6. The van der Waals surface area contributed by atoms with Crippen LogP contribution in [0.15, 0.2) is 0 Å². The van der Waals surface area contributed by atoms with Gasteiger partial charge in [0.15, 0.2) is 0 Å². The highest BCUT2D eigenvalue weighted by Gasteiger charge is 2.59. The maximum atomic E-state index is 12.3. The van der Waals surface area contributed by atoms with Crippen molar-refractivity contribution in [1.82, 2.24) is 4.90 Å². The number of carbonyl (C=O) groups excluding carboxylic acids is 3. The Labute approximate surface area is 119 Å². The van der Waals surface area contributed by atoms with Crippen molar-refractivity contribution in [2.75, 3.05) is 13.7 Å². The van der Waals surface area contributed by atoms with Gasteiger partial charge in [0, 0.05) is 21.0 Å². The Bertz CT molecular complexity index is 424. The third-order valence-electron chi connectivity index (χ3n) is 4.26. The molecule has 1 aliphatic heterocycles. The molecule has 0 bridgehead atoms. The van der Waals surface area contributed by atoms with E-state index < -0.39 is 29.1 Å². The lowest BCUT2D eigenvalue weighted by atomic mass is 9.70. The van der Waals surface area contributed by atoms with Crippen molar-refractivity contribution in [3.8, 4) is 0 Å². The highest BCUT2D eigenvalue weighted by Crippen LogP contribution is 2.47. The maximum absolute atomic E-state index is 12.3. The second-order valence-corrected chi connectivity index (χ2v) is 6.52. The Morgan fingerprint density at radius 2 is 1.50 bits per heavy atom. The topological polar surface area (TPSA) is 72.9 Å².